The van der Waals surface area contributed by atoms with Crippen LogP contribution in [0.4, 0.5) is 24.7 Å². The summed E-state index contributed by atoms with van der Waals surface area (Å²) in [6, 6.07) is 6.07. The molecule has 3 N–H and O–H groups in total. The van der Waals surface area contributed by atoms with Gasteiger partial charge in [0.2, 0.25) is 0 Å². The molecular formula is C21H21F3N4O5S2. The number of benzene rings is 2. The Morgan fingerprint density at radius 1 is 1.23 bits per heavy atom. The van der Waals surface area contributed by atoms with Gasteiger partial charge in [0.15, 0.2) is 10.7 Å². The minimum Gasteiger partial charge on any atom is -0.487 e. The Bertz CT molecular complexity index is 1250. The molecule has 188 valence electrons. The molecule has 3 aromatic rings. The number of nitrogens with zero attached hydrogens (tertiary/aromatic N) is 2. The number of hydrogen-bond acceptors (Lipinski definition) is 8. The molecule has 14 heteroatoms. The number of thiazole rings is 1. The van der Waals surface area contributed by atoms with Crippen LogP contribution in [0.5, 0.6) is 5.75 Å². The summed E-state index contributed by atoms with van der Waals surface area (Å²) in [6.07, 6.45) is -0.0647. The predicted molar refractivity (Wildman–Crippen MR) is 124 cm³/mol. The summed E-state index contributed by atoms with van der Waals surface area (Å²) in [7, 11) is -2.59. The fourth-order valence-corrected chi connectivity index (χ4v) is 4.96. The molecule has 4 rings (SSSR count). The molecular weight excluding hydrogens is 509 g/mol. The van der Waals surface area contributed by atoms with Crippen molar-refractivity contribution in [3.63, 3.8) is 0 Å². The van der Waals surface area contributed by atoms with E-state index in [4.69, 9.17) is 14.6 Å². The van der Waals surface area contributed by atoms with E-state index in [-0.39, 0.29) is 36.2 Å². The van der Waals surface area contributed by atoms with E-state index >= 15 is 0 Å². The van der Waals surface area contributed by atoms with E-state index in [9.17, 15) is 21.6 Å². The summed E-state index contributed by atoms with van der Waals surface area (Å²) < 4.78 is 76.1. The van der Waals surface area contributed by atoms with E-state index in [2.05, 4.69) is 10.3 Å². The summed E-state index contributed by atoms with van der Waals surface area (Å²) >= 11 is 1.12. The van der Waals surface area contributed by atoms with Gasteiger partial charge in [0, 0.05) is 36.3 Å². The molecule has 0 saturated carbocycles. The van der Waals surface area contributed by atoms with E-state index in [1.807, 2.05) is 16.7 Å². The van der Waals surface area contributed by atoms with Crippen LogP contribution in [0.25, 0.3) is 0 Å². The molecule has 2 heterocycles. The van der Waals surface area contributed by atoms with Gasteiger partial charge in [0.1, 0.15) is 29.3 Å². The summed E-state index contributed by atoms with van der Waals surface area (Å²) in [5.74, 6) is -2.82. The Hall–Kier alpha value is -3.36. The number of ether oxygens (including phenoxy) is 1. The lowest BCUT2D eigenvalue weighted by molar-refractivity contribution is -0.122. The second-order valence-electron chi connectivity index (χ2n) is 7.38. The van der Waals surface area contributed by atoms with Gasteiger partial charge in [0.25, 0.3) is 16.5 Å². The van der Waals surface area contributed by atoms with Crippen LogP contribution in [-0.4, -0.2) is 56.1 Å². The minimum absolute atomic E-state index is 0.0410. The van der Waals surface area contributed by atoms with Gasteiger partial charge in [-0.05, 0) is 31.3 Å². The normalized spacial score (nSPS) is 13.8. The van der Waals surface area contributed by atoms with Gasteiger partial charge in [-0.25, -0.2) is 26.6 Å². The van der Waals surface area contributed by atoms with Crippen molar-refractivity contribution in [2.75, 3.05) is 30.2 Å². The highest BCUT2D eigenvalue weighted by atomic mass is 32.2. The van der Waals surface area contributed by atoms with Crippen molar-refractivity contribution < 1.29 is 36.2 Å². The molecule has 1 aromatic heterocycles. The fraction of sp³-hybridized carbons (Fsp3) is 0.238. The maximum atomic E-state index is 14.6. The molecule has 9 nitrogen and oxygen atoms in total. The third kappa shape index (κ3) is 6.61. The Morgan fingerprint density at radius 2 is 1.89 bits per heavy atom. The Kier molecular flexibility index (Phi) is 8.53. The topological polar surface area (TPSA) is 121 Å². The van der Waals surface area contributed by atoms with Crippen molar-refractivity contribution in [1.29, 1.82) is 0 Å². The van der Waals surface area contributed by atoms with Crippen molar-refractivity contribution in [3.05, 3.63) is 64.2 Å². The second kappa shape index (κ2) is 11.4. The quantitative estimate of drug-likeness (QED) is 0.379. The molecule has 0 bridgehead atoms. The molecule has 0 radical (unpaired) electrons. The zero-order valence-corrected chi connectivity index (χ0v) is 19.9. The average molecular weight is 531 g/mol. The summed E-state index contributed by atoms with van der Waals surface area (Å²) in [6.45, 7) is 1.06. The number of carbonyl (C=O) groups is 1. The number of rotatable bonds is 8. The number of nitrogens with one attached hydrogen (secondary N) is 2. The van der Waals surface area contributed by atoms with E-state index in [1.165, 1.54) is 23.0 Å². The number of anilines is 2. The third-order valence-electron chi connectivity index (χ3n) is 4.81. The zero-order valence-electron chi connectivity index (χ0n) is 18.2. The second-order valence-corrected chi connectivity index (χ2v) is 9.72. The van der Waals surface area contributed by atoms with E-state index < -0.39 is 32.4 Å². The lowest BCUT2D eigenvalue weighted by Gasteiger charge is -2.36. The summed E-state index contributed by atoms with van der Waals surface area (Å²) in [4.78, 5) is 13.0. The highest BCUT2D eigenvalue weighted by Crippen LogP contribution is 2.28. The fourth-order valence-electron chi connectivity index (χ4n) is 3.28. The molecule has 0 aliphatic carbocycles. The van der Waals surface area contributed by atoms with Crippen molar-refractivity contribution in [1.82, 2.24) is 9.88 Å². The number of sulfonamides is 1. The highest BCUT2D eigenvalue weighted by molar-refractivity contribution is 7.92. The zero-order chi connectivity index (χ0) is 25.6. The van der Waals surface area contributed by atoms with Crippen molar-refractivity contribution in [2.24, 2.45) is 0 Å². The Morgan fingerprint density at radius 3 is 2.46 bits per heavy atom. The van der Waals surface area contributed by atoms with E-state index in [1.54, 1.807) is 6.07 Å². The van der Waals surface area contributed by atoms with Crippen LogP contribution in [0.15, 0.2) is 46.1 Å². The maximum Gasteiger partial charge on any atom is 0.290 e. The number of likely N-dealkylation sites (N-methyl/N-ethyl adjacent to an activating group) is 1. The molecule has 1 aliphatic rings. The number of carboxylic acid groups (broad SMARTS) is 1. The molecule has 1 aliphatic heterocycles. The molecule has 35 heavy (non-hydrogen) atoms. The summed E-state index contributed by atoms with van der Waals surface area (Å²) in [5.41, 5.74) is 1.52. The molecule has 0 spiro atoms. The van der Waals surface area contributed by atoms with Gasteiger partial charge in [-0.15, -0.1) is 11.3 Å². The third-order valence-corrected chi connectivity index (χ3v) is 6.80. The van der Waals surface area contributed by atoms with Crippen LogP contribution in [0, 0.1) is 17.5 Å². The molecule has 0 atom stereocenters. The Labute approximate surface area is 203 Å². The predicted octanol–water partition coefficient (Wildman–Crippen LogP) is 3.37. The van der Waals surface area contributed by atoms with Gasteiger partial charge >= 0.3 is 0 Å². The largest absolute Gasteiger partial charge is 0.487 e. The van der Waals surface area contributed by atoms with Crippen LogP contribution in [-0.2, 0) is 21.4 Å². The van der Waals surface area contributed by atoms with Crippen LogP contribution in [0.2, 0.25) is 0 Å². The average Bonchev–Trinajstić information content (AvgIpc) is 3.24. The van der Waals surface area contributed by atoms with Crippen molar-refractivity contribution in [2.45, 2.75) is 17.5 Å². The smallest absolute Gasteiger partial charge is 0.290 e. The lowest BCUT2D eigenvalue weighted by Crippen LogP contribution is -2.51. The van der Waals surface area contributed by atoms with E-state index in [0.29, 0.717) is 18.8 Å². The molecule has 0 unspecified atom stereocenters. The van der Waals surface area contributed by atoms with Crippen LogP contribution >= 0.6 is 11.3 Å². The molecule has 2 aromatic carbocycles. The number of aromatic nitrogens is 1. The monoisotopic (exact) mass is 530 g/mol. The number of halogens is 3. The Balaban J connectivity index is 0.00000108. The first kappa shape index (κ1) is 26.2. The van der Waals surface area contributed by atoms with Crippen LogP contribution in [0.3, 0.4) is 0 Å². The maximum absolute atomic E-state index is 14.6. The first-order valence-corrected chi connectivity index (χ1v) is 12.4. The van der Waals surface area contributed by atoms with Gasteiger partial charge in [0.05, 0.1) is 5.51 Å². The van der Waals surface area contributed by atoms with Gasteiger partial charge in [-0.1, -0.05) is 6.07 Å². The number of likely N-dealkylation sites (tertiary alicyclic amines) is 1. The molecule has 0 amide bonds. The standard InChI is InChI=1S/C20H19F3N4O3S2.CH2O2/c1-27-8-13(9-27)30-18-4-2-3-15(21)14(18)7-24-12-5-16(22)20(17(23)6-12)32(28,29)26-19-10-31-11-25-19;2-1-3/h2-6,10-11,13,24,26H,7-9H2,1H3;1H,(H,2,3). The highest BCUT2D eigenvalue weighted by Gasteiger charge is 2.27. The lowest BCUT2D eigenvalue weighted by atomic mass is 10.1. The van der Waals surface area contributed by atoms with E-state index in [0.717, 1.165) is 23.5 Å². The van der Waals surface area contributed by atoms with Crippen LogP contribution < -0.4 is 14.8 Å². The van der Waals surface area contributed by atoms with Gasteiger partial charge in [-0.2, -0.15) is 0 Å². The van der Waals surface area contributed by atoms with Crippen molar-refractivity contribution >= 4 is 39.3 Å². The van der Waals surface area contributed by atoms with Gasteiger partial charge in [-0.3, -0.25) is 14.4 Å². The summed E-state index contributed by atoms with van der Waals surface area (Å²) in [5, 5.41) is 11.0. The molecule has 1 fully saturated rings. The van der Waals surface area contributed by atoms with Gasteiger partial charge < -0.3 is 15.2 Å². The number of hydrogen-bond donors (Lipinski definition) is 3. The first-order chi connectivity index (χ1) is 16.6. The SMILES string of the molecule is CN1CC(Oc2cccc(F)c2CNc2cc(F)c(S(=O)(=O)Nc3cscn3)c(F)c2)C1.O=CO. The first-order valence-electron chi connectivity index (χ1n) is 9.99. The minimum atomic E-state index is -4.52. The molecule has 1 saturated heterocycles. The van der Waals surface area contributed by atoms with Crippen molar-refractivity contribution in [3.8, 4) is 5.75 Å². The van der Waals surface area contributed by atoms with Crippen LogP contribution in [0.1, 0.15) is 5.56 Å².